The minimum Gasteiger partial charge on any atom is -0.314 e. The van der Waals surface area contributed by atoms with Crippen LogP contribution in [0.3, 0.4) is 0 Å². The Balaban J connectivity index is 2.19. The van der Waals surface area contributed by atoms with Crippen LogP contribution in [0.25, 0.3) is 0 Å². The van der Waals surface area contributed by atoms with Gasteiger partial charge in [-0.3, -0.25) is 0 Å². The van der Waals surface area contributed by atoms with Crippen LogP contribution in [0.4, 0.5) is 0 Å². The van der Waals surface area contributed by atoms with E-state index in [0.29, 0.717) is 0 Å². The van der Waals surface area contributed by atoms with Gasteiger partial charge in [0.2, 0.25) is 0 Å². The SMILES string of the molecule is C[C@@H]1CC[C@@H](C)NC1. The van der Waals surface area contributed by atoms with Gasteiger partial charge in [-0.05, 0) is 32.2 Å². The van der Waals surface area contributed by atoms with Gasteiger partial charge in [0, 0.05) is 6.04 Å². The molecular weight excluding hydrogens is 98.1 g/mol. The highest BCUT2D eigenvalue weighted by atomic mass is 14.9. The average molecular weight is 113 g/mol. The zero-order valence-electron chi connectivity index (χ0n) is 5.78. The fourth-order valence-corrected chi connectivity index (χ4v) is 1.14. The summed E-state index contributed by atoms with van der Waals surface area (Å²) in [6.07, 6.45) is 2.77. The molecular formula is C7H15N. The summed E-state index contributed by atoms with van der Waals surface area (Å²) in [5.74, 6) is 0.909. The third kappa shape index (κ3) is 1.48. The van der Waals surface area contributed by atoms with Gasteiger partial charge in [-0.2, -0.15) is 0 Å². The van der Waals surface area contributed by atoms with Crippen LogP contribution in [0.15, 0.2) is 0 Å². The van der Waals surface area contributed by atoms with Crippen molar-refractivity contribution in [3.05, 3.63) is 0 Å². The molecule has 1 aliphatic heterocycles. The van der Waals surface area contributed by atoms with Gasteiger partial charge < -0.3 is 5.32 Å². The van der Waals surface area contributed by atoms with Crippen LogP contribution in [0.5, 0.6) is 0 Å². The number of rotatable bonds is 0. The van der Waals surface area contributed by atoms with Crippen molar-refractivity contribution in [1.29, 1.82) is 0 Å². The van der Waals surface area contributed by atoms with E-state index >= 15 is 0 Å². The second-order valence-electron chi connectivity index (χ2n) is 2.99. The van der Waals surface area contributed by atoms with E-state index in [9.17, 15) is 0 Å². The molecule has 0 unspecified atom stereocenters. The molecule has 1 aliphatic rings. The molecule has 0 bridgehead atoms. The molecule has 0 aromatic carbocycles. The summed E-state index contributed by atoms with van der Waals surface area (Å²) in [6, 6.07) is 0.770. The Bertz CT molecular complexity index is 52.8. The van der Waals surface area contributed by atoms with E-state index in [2.05, 4.69) is 19.2 Å². The van der Waals surface area contributed by atoms with Gasteiger partial charge >= 0.3 is 0 Å². The molecule has 0 aromatic heterocycles. The molecule has 1 fully saturated rings. The third-order valence-corrected chi connectivity index (χ3v) is 1.91. The lowest BCUT2D eigenvalue weighted by atomic mass is 9.98. The van der Waals surface area contributed by atoms with Crippen molar-refractivity contribution in [3.63, 3.8) is 0 Å². The van der Waals surface area contributed by atoms with E-state index in [4.69, 9.17) is 0 Å². The highest BCUT2D eigenvalue weighted by Gasteiger charge is 2.11. The van der Waals surface area contributed by atoms with Crippen molar-refractivity contribution in [1.82, 2.24) is 5.32 Å². The first-order chi connectivity index (χ1) is 3.79. The molecule has 0 aliphatic carbocycles. The molecule has 0 spiro atoms. The molecule has 1 saturated heterocycles. The highest BCUT2D eigenvalue weighted by Crippen LogP contribution is 2.11. The minimum atomic E-state index is 0.770. The smallest absolute Gasteiger partial charge is 0.00389 e. The van der Waals surface area contributed by atoms with E-state index in [1.165, 1.54) is 19.4 Å². The van der Waals surface area contributed by atoms with Crippen molar-refractivity contribution in [2.75, 3.05) is 6.54 Å². The van der Waals surface area contributed by atoms with Crippen molar-refractivity contribution >= 4 is 0 Å². The van der Waals surface area contributed by atoms with Crippen LogP contribution in [0.2, 0.25) is 0 Å². The van der Waals surface area contributed by atoms with Crippen LogP contribution in [0, 0.1) is 5.92 Å². The van der Waals surface area contributed by atoms with Crippen LogP contribution in [-0.4, -0.2) is 12.6 Å². The summed E-state index contributed by atoms with van der Waals surface area (Å²) in [7, 11) is 0. The van der Waals surface area contributed by atoms with E-state index in [-0.39, 0.29) is 0 Å². The largest absolute Gasteiger partial charge is 0.314 e. The molecule has 8 heavy (non-hydrogen) atoms. The standard InChI is InChI=1S/C7H15N/c1-6-3-4-7(2)8-5-6/h6-8H,3-5H2,1-2H3/t6-,7-/m1/s1. The van der Waals surface area contributed by atoms with Gasteiger partial charge in [0.25, 0.3) is 0 Å². The maximum atomic E-state index is 3.43. The number of piperidine rings is 1. The molecule has 1 rings (SSSR count). The summed E-state index contributed by atoms with van der Waals surface area (Å²) in [4.78, 5) is 0. The van der Waals surface area contributed by atoms with Crippen LogP contribution in [0.1, 0.15) is 26.7 Å². The van der Waals surface area contributed by atoms with E-state index in [1.807, 2.05) is 0 Å². The Kier molecular flexibility index (Phi) is 1.90. The Hall–Kier alpha value is -0.0400. The summed E-state index contributed by atoms with van der Waals surface area (Å²) < 4.78 is 0. The first kappa shape index (κ1) is 6.09. The van der Waals surface area contributed by atoms with E-state index in [0.717, 1.165) is 12.0 Å². The minimum absolute atomic E-state index is 0.770. The molecule has 48 valence electrons. The van der Waals surface area contributed by atoms with Crippen LogP contribution >= 0.6 is 0 Å². The molecule has 0 amide bonds. The Morgan fingerprint density at radius 1 is 1.25 bits per heavy atom. The molecule has 1 heterocycles. The maximum absolute atomic E-state index is 3.43. The van der Waals surface area contributed by atoms with Gasteiger partial charge in [0.1, 0.15) is 0 Å². The predicted molar refractivity (Wildman–Crippen MR) is 35.9 cm³/mol. The first-order valence-corrected chi connectivity index (χ1v) is 3.52. The zero-order valence-corrected chi connectivity index (χ0v) is 5.78. The fourth-order valence-electron chi connectivity index (χ4n) is 1.14. The van der Waals surface area contributed by atoms with Crippen molar-refractivity contribution in [2.24, 2.45) is 5.92 Å². The Morgan fingerprint density at radius 3 is 2.38 bits per heavy atom. The topological polar surface area (TPSA) is 12.0 Å². The summed E-state index contributed by atoms with van der Waals surface area (Å²) >= 11 is 0. The Labute approximate surface area is 51.5 Å². The molecule has 1 nitrogen and oxygen atoms in total. The molecule has 1 heteroatoms. The zero-order chi connectivity index (χ0) is 5.98. The van der Waals surface area contributed by atoms with Crippen LogP contribution in [-0.2, 0) is 0 Å². The van der Waals surface area contributed by atoms with Gasteiger partial charge in [0.15, 0.2) is 0 Å². The Morgan fingerprint density at radius 2 is 2.00 bits per heavy atom. The normalized spacial score (nSPS) is 39.8. The molecule has 1 N–H and O–H groups in total. The molecule has 0 aromatic rings. The second kappa shape index (κ2) is 2.49. The first-order valence-electron chi connectivity index (χ1n) is 3.52. The highest BCUT2D eigenvalue weighted by molar-refractivity contribution is 4.71. The number of nitrogens with one attached hydrogen (secondary N) is 1. The van der Waals surface area contributed by atoms with Gasteiger partial charge in [0.05, 0.1) is 0 Å². The quantitative estimate of drug-likeness (QED) is 0.500. The lowest BCUT2D eigenvalue weighted by Gasteiger charge is -2.24. The van der Waals surface area contributed by atoms with E-state index in [1.54, 1.807) is 0 Å². The van der Waals surface area contributed by atoms with Crippen molar-refractivity contribution in [2.45, 2.75) is 32.7 Å². The number of hydrogen-bond acceptors (Lipinski definition) is 1. The predicted octanol–water partition coefficient (Wildman–Crippen LogP) is 1.39. The monoisotopic (exact) mass is 113 g/mol. The van der Waals surface area contributed by atoms with Crippen molar-refractivity contribution < 1.29 is 0 Å². The second-order valence-corrected chi connectivity index (χ2v) is 2.99. The number of hydrogen-bond donors (Lipinski definition) is 1. The third-order valence-electron chi connectivity index (χ3n) is 1.91. The summed E-state index contributed by atoms with van der Waals surface area (Å²) in [5, 5.41) is 3.43. The molecule has 2 atom stereocenters. The van der Waals surface area contributed by atoms with Gasteiger partial charge in [-0.15, -0.1) is 0 Å². The van der Waals surface area contributed by atoms with Gasteiger partial charge in [-0.1, -0.05) is 6.92 Å². The summed E-state index contributed by atoms with van der Waals surface area (Å²) in [6.45, 7) is 5.78. The fraction of sp³-hybridized carbons (Fsp3) is 1.00. The lowest BCUT2D eigenvalue weighted by Crippen LogP contribution is -2.35. The van der Waals surface area contributed by atoms with E-state index < -0.39 is 0 Å². The lowest BCUT2D eigenvalue weighted by molar-refractivity contribution is 0.343. The maximum Gasteiger partial charge on any atom is 0.00389 e. The van der Waals surface area contributed by atoms with Gasteiger partial charge in [-0.25, -0.2) is 0 Å². The van der Waals surface area contributed by atoms with Crippen LogP contribution < -0.4 is 5.32 Å². The van der Waals surface area contributed by atoms with Crippen molar-refractivity contribution in [3.8, 4) is 0 Å². The molecule has 0 radical (unpaired) electrons. The average Bonchev–Trinajstić information content (AvgIpc) is 1.77. The summed E-state index contributed by atoms with van der Waals surface area (Å²) in [5.41, 5.74) is 0. The molecule has 0 saturated carbocycles.